The van der Waals surface area contributed by atoms with Gasteiger partial charge < -0.3 is 14.5 Å². The smallest absolute Gasteiger partial charge is 0.410 e. The minimum atomic E-state index is -0.434. The molecule has 6 nitrogen and oxygen atoms in total. The molecule has 1 aromatic heterocycles. The van der Waals surface area contributed by atoms with Crippen molar-refractivity contribution in [2.45, 2.75) is 44.4 Å². The normalized spacial score (nSPS) is 16.1. The van der Waals surface area contributed by atoms with Gasteiger partial charge >= 0.3 is 6.09 Å². The van der Waals surface area contributed by atoms with E-state index < -0.39 is 5.60 Å². The zero-order valence-corrected chi connectivity index (χ0v) is 16.1. The SMILES string of the molecule is CSc1nccc(N(C)CC2CCN(C(=O)OC(C)(C)C)CC2)n1. The number of amides is 1. The Morgan fingerprint density at radius 1 is 1.42 bits per heavy atom. The molecule has 7 heteroatoms. The fraction of sp³-hybridized carbons (Fsp3) is 0.706. The van der Waals surface area contributed by atoms with E-state index >= 15 is 0 Å². The van der Waals surface area contributed by atoms with Crippen molar-refractivity contribution in [1.82, 2.24) is 14.9 Å². The highest BCUT2D eigenvalue weighted by Gasteiger charge is 2.27. The van der Waals surface area contributed by atoms with Crippen LogP contribution < -0.4 is 4.90 Å². The van der Waals surface area contributed by atoms with Crippen molar-refractivity contribution in [3.63, 3.8) is 0 Å². The number of piperidine rings is 1. The number of nitrogens with zero attached hydrogens (tertiary/aromatic N) is 4. The van der Waals surface area contributed by atoms with Gasteiger partial charge in [0.05, 0.1) is 0 Å². The third-order valence-electron chi connectivity index (χ3n) is 3.99. The second-order valence-corrected chi connectivity index (χ2v) is 7.97. The van der Waals surface area contributed by atoms with Gasteiger partial charge in [-0.1, -0.05) is 11.8 Å². The summed E-state index contributed by atoms with van der Waals surface area (Å²) < 4.78 is 5.45. The Balaban J connectivity index is 1.83. The zero-order valence-electron chi connectivity index (χ0n) is 15.3. The molecular weight excluding hydrogens is 324 g/mol. The van der Waals surface area contributed by atoms with Crippen molar-refractivity contribution in [2.75, 3.05) is 37.8 Å². The lowest BCUT2D eigenvalue weighted by molar-refractivity contribution is 0.0186. The third kappa shape index (κ3) is 5.54. The molecule has 1 saturated heterocycles. The first-order chi connectivity index (χ1) is 11.3. The Kier molecular flexibility index (Phi) is 6.32. The number of rotatable bonds is 4. The van der Waals surface area contributed by atoms with Crippen LogP contribution >= 0.6 is 11.8 Å². The Bertz CT molecular complexity index is 554. The molecule has 1 aliphatic heterocycles. The molecule has 0 bridgehead atoms. The quantitative estimate of drug-likeness (QED) is 0.612. The molecule has 0 N–H and O–H groups in total. The Morgan fingerprint density at radius 2 is 2.08 bits per heavy atom. The first kappa shape index (κ1) is 18.8. The number of hydrogen-bond donors (Lipinski definition) is 0. The lowest BCUT2D eigenvalue weighted by Gasteiger charge is -2.35. The van der Waals surface area contributed by atoms with E-state index in [0.717, 1.165) is 43.5 Å². The molecule has 1 amide bonds. The largest absolute Gasteiger partial charge is 0.444 e. The molecule has 0 radical (unpaired) electrons. The standard InChI is InChI=1S/C17H28N4O2S/c1-17(2,3)23-16(22)21-10-7-13(8-11-21)12-20(4)14-6-9-18-15(19-14)24-5/h6,9,13H,7-8,10-12H2,1-5H3. The number of ether oxygens (including phenoxy) is 1. The van der Waals surface area contributed by atoms with Crippen molar-refractivity contribution in [3.05, 3.63) is 12.3 Å². The highest BCUT2D eigenvalue weighted by atomic mass is 32.2. The summed E-state index contributed by atoms with van der Waals surface area (Å²) in [5.41, 5.74) is -0.434. The number of carbonyl (C=O) groups excluding carboxylic acids is 1. The fourth-order valence-corrected chi connectivity index (χ4v) is 3.10. The maximum Gasteiger partial charge on any atom is 0.410 e. The van der Waals surface area contributed by atoms with E-state index in [-0.39, 0.29) is 6.09 Å². The molecule has 1 aliphatic rings. The highest BCUT2D eigenvalue weighted by molar-refractivity contribution is 7.98. The predicted octanol–water partition coefficient (Wildman–Crippen LogP) is 3.28. The van der Waals surface area contributed by atoms with Gasteiger partial charge in [-0.05, 0) is 51.9 Å². The van der Waals surface area contributed by atoms with Crippen LogP contribution in [0.5, 0.6) is 0 Å². The first-order valence-corrected chi connectivity index (χ1v) is 9.57. The minimum absolute atomic E-state index is 0.199. The lowest BCUT2D eigenvalue weighted by atomic mass is 9.96. The van der Waals surface area contributed by atoms with Crippen LogP contribution in [0.4, 0.5) is 10.6 Å². The molecule has 24 heavy (non-hydrogen) atoms. The summed E-state index contributed by atoms with van der Waals surface area (Å²) in [5.74, 6) is 1.50. The molecule has 2 heterocycles. The Hall–Kier alpha value is -1.50. The van der Waals surface area contributed by atoms with Crippen LogP contribution in [-0.2, 0) is 4.74 Å². The highest BCUT2D eigenvalue weighted by Crippen LogP contribution is 2.22. The van der Waals surface area contributed by atoms with Gasteiger partial charge in [0.2, 0.25) is 0 Å². The number of likely N-dealkylation sites (tertiary alicyclic amines) is 1. The van der Waals surface area contributed by atoms with Crippen molar-refractivity contribution in [1.29, 1.82) is 0 Å². The predicted molar refractivity (Wildman–Crippen MR) is 97.6 cm³/mol. The molecule has 0 aromatic carbocycles. The zero-order chi connectivity index (χ0) is 17.7. The van der Waals surface area contributed by atoms with E-state index in [1.165, 1.54) is 0 Å². The van der Waals surface area contributed by atoms with Gasteiger partial charge in [-0.15, -0.1) is 0 Å². The van der Waals surface area contributed by atoms with E-state index in [0.29, 0.717) is 5.92 Å². The van der Waals surface area contributed by atoms with Crippen molar-refractivity contribution >= 4 is 23.7 Å². The fourth-order valence-electron chi connectivity index (χ4n) is 2.75. The van der Waals surface area contributed by atoms with Crippen LogP contribution in [0.2, 0.25) is 0 Å². The van der Waals surface area contributed by atoms with Gasteiger partial charge in [0.25, 0.3) is 0 Å². The molecular formula is C17H28N4O2S. The van der Waals surface area contributed by atoms with Gasteiger partial charge in [-0.25, -0.2) is 14.8 Å². The van der Waals surface area contributed by atoms with Crippen molar-refractivity contribution in [2.24, 2.45) is 5.92 Å². The molecule has 2 rings (SSSR count). The summed E-state index contributed by atoms with van der Waals surface area (Å²) in [6, 6.07) is 1.94. The number of carbonyl (C=O) groups is 1. The Morgan fingerprint density at radius 3 is 2.67 bits per heavy atom. The van der Waals surface area contributed by atoms with Crippen LogP contribution in [0.25, 0.3) is 0 Å². The third-order valence-corrected chi connectivity index (χ3v) is 4.55. The number of thioether (sulfide) groups is 1. The average molecular weight is 353 g/mol. The monoisotopic (exact) mass is 352 g/mol. The molecule has 134 valence electrons. The maximum absolute atomic E-state index is 12.1. The van der Waals surface area contributed by atoms with Crippen LogP contribution in [0.1, 0.15) is 33.6 Å². The van der Waals surface area contributed by atoms with Gasteiger partial charge in [-0.3, -0.25) is 0 Å². The Labute approximate surface area is 149 Å². The molecule has 1 aromatic rings. The second kappa shape index (κ2) is 8.05. The summed E-state index contributed by atoms with van der Waals surface area (Å²) in [7, 11) is 2.06. The molecule has 1 fully saturated rings. The summed E-state index contributed by atoms with van der Waals surface area (Å²) in [6.45, 7) is 8.15. The van der Waals surface area contributed by atoms with Crippen LogP contribution in [0, 0.1) is 5.92 Å². The summed E-state index contributed by atoms with van der Waals surface area (Å²) in [5, 5.41) is 0.791. The van der Waals surface area contributed by atoms with E-state index in [2.05, 4.69) is 21.9 Å². The van der Waals surface area contributed by atoms with E-state index in [1.54, 1.807) is 18.0 Å². The lowest BCUT2D eigenvalue weighted by Crippen LogP contribution is -2.43. The van der Waals surface area contributed by atoms with Crippen LogP contribution in [-0.4, -0.2) is 59.5 Å². The molecule has 0 aliphatic carbocycles. The topological polar surface area (TPSA) is 58.6 Å². The van der Waals surface area contributed by atoms with Crippen molar-refractivity contribution < 1.29 is 9.53 Å². The van der Waals surface area contributed by atoms with E-state index in [9.17, 15) is 4.79 Å². The summed E-state index contributed by atoms with van der Waals surface area (Å²) >= 11 is 1.55. The van der Waals surface area contributed by atoms with Crippen molar-refractivity contribution in [3.8, 4) is 0 Å². The minimum Gasteiger partial charge on any atom is -0.444 e. The number of hydrogen-bond acceptors (Lipinski definition) is 6. The molecule has 0 unspecified atom stereocenters. The average Bonchev–Trinajstić information content (AvgIpc) is 2.54. The van der Waals surface area contributed by atoms with Gasteiger partial charge in [0.1, 0.15) is 11.4 Å². The second-order valence-electron chi connectivity index (χ2n) is 7.19. The summed E-state index contributed by atoms with van der Waals surface area (Å²) in [6.07, 6.45) is 5.56. The van der Waals surface area contributed by atoms with E-state index in [1.807, 2.05) is 38.0 Å². The molecule has 0 saturated carbocycles. The van der Waals surface area contributed by atoms with Gasteiger partial charge in [0.15, 0.2) is 5.16 Å². The molecule has 0 atom stereocenters. The first-order valence-electron chi connectivity index (χ1n) is 8.34. The number of aromatic nitrogens is 2. The number of anilines is 1. The van der Waals surface area contributed by atoms with E-state index in [4.69, 9.17) is 4.74 Å². The van der Waals surface area contributed by atoms with Crippen LogP contribution in [0.15, 0.2) is 17.4 Å². The van der Waals surface area contributed by atoms with Crippen LogP contribution in [0.3, 0.4) is 0 Å². The van der Waals surface area contributed by atoms with Gasteiger partial charge in [0, 0.05) is 32.9 Å². The summed E-state index contributed by atoms with van der Waals surface area (Å²) in [4.78, 5) is 24.8. The van der Waals surface area contributed by atoms with Gasteiger partial charge in [-0.2, -0.15) is 0 Å². The molecule has 0 spiro atoms. The maximum atomic E-state index is 12.1.